The lowest BCUT2D eigenvalue weighted by atomic mass is 10.1. The molecule has 1 amide bonds. The molecule has 2 rings (SSSR count). The number of hydrogen-bond acceptors (Lipinski definition) is 3. The Balaban J connectivity index is 2.04. The van der Waals surface area contributed by atoms with Crippen LogP contribution in [0.3, 0.4) is 0 Å². The van der Waals surface area contributed by atoms with E-state index in [-0.39, 0.29) is 12.0 Å². The molecule has 0 aromatic heterocycles. The number of ether oxygens (including phenoxy) is 1. The summed E-state index contributed by atoms with van der Waals surface area (Å²) in [6.45, 7) is 3.21. The summed E-state index contributed by atoms with van der Waals surface area (Å²) in [5, 5.41) is 2.90. The first-order chi connectivity index (χ1) is 8.58. The summed E-state index contributed by atoms with van der Waals surface area (Å²) in [7, 11) is 0. The fraction of sp³-hybridized carbons (Fsp3) is 0.462. The van der Waals surface area contributed by atoms with E-state index >= 15 is 0 Å². The first kappa shape index (κ1) is 13.4. The van der Waals surface area contributed by atoms with Gasteiger partial charge in [-0.15, -0.1) is 0 Å². The first-order valence-electron chi connectivity index (χ1n) is 6.03. The topological polar surface area (TPSA) is 64.4 Å². The monoisotopic (exact) mass is 312 g/mol. The lowest BCUT2D eigenvalue weighted by molar-refractivity contribution is 0.0857. The van der Waals surface area contributed by atoms with Gasteiger partial charge in [0.05, 0.1) is 6.10 Å². The fourth-order valence-corrected chi connectivity index (χ4v) is 2.52. The second kappa shape index (κ2) is 5.71. The molecule has 0 bridgehead atoms. The van der Waals surface area contributed by atoms with Crippen LogP contribution in [0, 0.1) is 6.92 Å². The van der Waals surface area contributed by atoms with Gasteiger partial charge in [-0.25, -0.2) is 0 Å². The molecule has 3 N–H and O–H groups in total. The number of carbonyl (C=O) groups excluding carboxylic acids is 1. The molecule has 0 aliphatic carbocycles. The molecule has 1 atom stereocenters. The maximum atomic E-state index is 12.1. The summed E-state index contributed by atoms with van der Waals surface area (Å²) in [6.07, 6.45) is 2.24. The van der Waals surface area contributed by atoms with Crippen molar-refractivity contribution in [3.05, 3.63) is 27.7 Å². The van der Waals surface area contributed by atoms with E-state index in [1.807, 2.05) is 6.92 Å². The van der Waals surface area contributed by atoms with Crippen LogP contribution in [-0.2, 0) is 4.74 Å². The Morgan fingerprint density at radius 1 is 1.61 bits per heavy atom. The molecule has 1 unspecified atom stereocenters. The lowest BCUT2D eigenvalue weighted by Gasteiger charge is -2.13. The number of rotatable bonds is 3. The highest BCUT2D eigenvalue weighted by molar-refractivity contribution is 9.10. The maximum absolute atomic E-state index is 12.1. The van der Waals surface area contributed by atoms with Gasteiger partial charge in [0.1, 0.15) is 0 Å². The van der Waals surface area contributed by atoms with Gasteiger partial charge in [-0.1, -0.05) is 15.9 Å². The smallest absolute Gasteiger partial charge is 0.251 e. The average Bonchev–Trinajstić information content (AvgIpc) is 2.83. The second-order valence-corrected chi connectivity index (χ2v) is 5.43. The Bertz CT molecular complexity index is 457. The second-order valence-electron chi connectivity index (χ2n) is 4.51. The van der Waals surface area contributed by atoms with Crippen LogP contribution in [-0.4, -0.2) is 25.2 Å². The number of carbonyl (C=O) groups is 1. The molecule has 1 aromatic carbocycles. The molecule has 1 aliphatic rings. The minimum absolute atomic E-state index is 0.101. The molecule has 1 aromatic rings. The van der Waals surface area contributed by atoms with Gasteiger partial charge in [-0.3, -0.25) is 4.79 Å². The Hall–Kier alpha value is -1.07. The number of nitrogens with one attached hydrogen (secondary N) is 1. The van der Waals surface area contributed by atoms with Crippen LogP contribution >= 0.6 is 15.9 Å². The summed E-state index contributed by atoms with van der Waals surface area (Å²) in [5.74, 6) is -0.101. The number of nitrogens with two attached hydrogens (primary N) is 1. The molecule has 5 heteroatoms. The maximum Gasteiger partial charge on any atom is 0.251 e. The van der Waals surface area contributed by atoms with Crippen LogP contribution in [0.2, 0.25) is 0 Å². The van der Waals surface area contributed by atoms with E-state index in [0.29, 0.717) is 17.8 Å². The van der Waals surface area contributed by atoms with Crippen molar-refractivity contribution in [3.63, 3.8) is 0 Å². The van der Waals surface area contributed by atoms with Crippen LogP contribution in [0.1, 0.15) is 28.8 Å². The van der Waals surface area contributed by atoms with Crippen LogP contribution in [0.25, 0.3) is 0 Å². The van der Waals surface area contributed by atoms with Crippen molar-refractivity contribution < 1.29 is 9.53 Å². The highest BCUT2D eigenvalue weighted by atomic mass is 79.9. The van der Waals surface area contributed by atoms with Gasteiger partial charge in [0, 0.05) is 28.9 Å². The highest BCUT2D eigenvalue weighted by Crippen LogP contribution is 2.22. The summed E-state index contributed by atoms with van der Waals surface area (Å²) in [6, 6.07) is 3.59. The third-order valence-electron chi connectivity index (χ3n) is 3.17. The number of hydrogen-bond donors (Lipinski definition) is 2. The van der Waals surface area contributed by atoms with E-state index in [4.69, 9.17) is 10.5 Å². The average molecular weight is 313 g/mol. The van der Waals surface area contributed by atoms with E-state index in [0.717, 1.165) is 29.5 Å². The van der Waals surface area contributed by atoms with E-state index < -0.39 is 0 Å². The van der Waals surface area contributed by atoms with Crippen molar-refractivity contribution in [1.29, 1.82) is 0 Å². The van der Waals surface area contributed by atoms with Crippen molar-refractivity contribution >= 4 is 27.5 Å². The molecular weight excluding hydrogens is 296 g/mol. The van der Waals surface area contributed by atoms with Crippen molar-refractivity contribution in [1.82, 2.24) is 5.32 Å². The molecule has 1 saturated heterocycles. The molecule has 98 valence electrons. The molecule has 1 aliphatic heterocycles. The van der Waals surface area contributed by atoms with Gasteiger partial charge in [0.2, 0.25) is 0 Å². The zero-order valence-corrected chi connectivity index (χ0v) is 11.9. The SMILES string of the molecule is Cc1c(N)cc(Br)cc1C(=O)NCC1CCCO1. The molecule has 1 fully saturated rings. The molecule has 0 radical (unpaired) electrons. The fourth-order valence-electron chi connectivity index (χ4n) is 2.04. The van der Waals surface area contributed by atoms with Gasteiger partial charge < -0.3 is 15.8 Å². The van der Waals surface area contributed by atoms with Crippen LogP contribution in [0.5, 0.6) is 0 Å². The van der Waals surface area contributed by atoms with Crippen LogP contribution < -0.4 is 11.1 Å². The molecular formula is C13H17BrN2O2. The van der Waals surface area contributed by atoms with E-state index in [2.05, 4.69) is 21.2 Å². The third kappa shape index (κ3) is 3.03. The summed E-state index contributed by atoms with van der Waals surface area (Å²) in [4.78, 5) is 12.1. The molecule has 1 heterocycles. The van der Waals surface area contributed by atoms with Crippen molar-refractivity contribution in [2.24, 2.45) is 0 Å². The predicted molar refractivity (Wildman–Crippen MR) is 74.6 cm³/mol. The van der Waals surface area contributed by atoms with Crippen LogP contribution in [0.15, 0.2) is 16.6 Å². The quantitative estimate of drug-likeness (QED) is 0.841. The molecule has 0 spiro atoms. The standard InChI is InChI=1S/C13H17BrN2O2/c1-8-11(5-9(14)6-12(8)15)13(17)16-7-10-3-2-4-18-10/h5-6,10H,2-4,7,15H2,1H3,(H,16,17). The Morgan fingerprint density at radius 2 is 2.39 bits per heavy atom. The van der Waals surface area contributed by atoms with E-state index in [1.165, 1.54) is 0 Å². The highest BCUT2D eigenvalue weighted by Gasteiger charge is 2.18. The number of anilines is 1. The number of nitrogen functional groups attached to an aromatic ring is 1. The molecule has 4 nitrogen and oxygen atoms in total. The zero-order valence-electron chi connectivity index (χ0n) is 10.3. The number of benzene rings is 1. The van der Waals surface area contributed by atoms with Crippen molar-refractivity contribution in [2.45, 2.75) is 25.9 Å². The summed E-state index contributed by atoms with van der Waals surface area (Å²) < 4.78 is 6.28. The van der Waals surface area contributed by atoms with Gasteiger partial charge in [0.25, 0.3) is 5.91 Å². The molecule has 0 saturated carbocycles. The number of halogens is 1. The van der Waals surface area contributed by atoms with Gasteiger partial charge in [0.15, 0.2) is 0 Å². The zero-order chi connectivity index (χ0) is 13.1. The minimum Gasteiger partial charge on any atom is -0.398 e. The molecule has 18 heavy (non-hydrogen) atoms. The first-order valence-corrected chi connectivity index (χ1v) is 6.82. The Labute approximate surface area is 115 Å². The Kier molecular flexibility index (Phi) is 4.24. The predicted octanol–water partition coefficient (Wildman–Crippen LogP) is 2.25. The van der Waals surface area contributed by atoms with E-state index in [9.17, 15) is 4.79 Å². The van der Waals surface area contributed by atoms with Gasteiger partial charge >= 0.3 is 0 Å². The summed E-state index contributed by atoms with van der Waals surface area (Å²) >= 11 is 3.35. The largest absolute Gasteiger partial charge is 0.398 e. The Morgan fingerprint density at radius 3 is 3.06 bits per heavy atom. The van der Waals surface area contributed by atoms with Gasteiger partial charge in [-0.05, 0) is 37.5 Å². The van der Waals surface area contributed by atoms with Crippen molar-refractivity contribution in [2.75, 3.05) is 18.9 Å². The van der Waals surface area contributed by atoms with E-state index in [1.54, 1.807) is 12.1 Å². The lowest BCUT2D eigenvalue weighted by Crippen LogP contribution is -2.32. The normalized spacial score (nSPS) is 18.9. The van der Waals surface area contributed by atoms with Gasteiger partial charge in [-0.2, -0.15) is 0 Å². The van der Waals surface area contributed by atoms with Crippen LogP contribution in [0.4, 0.5) is 5.69 Å². The van der Waals surface area contributed by atoms with Crippen molar-refractivity contribution in [3.8, 4) is 0 Å². The number of amides is 1. The third-order valence-corrected chi connectivity index (χ3v) is 3.63. The minimum atomic E-state index is -0.101. The summed E-state index contributed by atoms with van der Waals surface area (Å²) in [5.41, 5.74) is 7.88.